The van der Waals surface area contributed by atoms with Gasteiger partial charge < -0.3 is 14.2 Å². The molecule has 5 aromatic rings. The molecule has 6 rings (SSSR count). The first-order valence-corrected chi connectivity index (χ1v) is 17.8. The number of thiazole rings is 1. The van der Waals surface area contributed by atoms with E-state index in [2.05, 4.69) is 0 Å². The summed E-state index contributed by atoms with van der Waals surface area (Å²) in [4.78, 5) is 34.6. The number of halogens is 2. The summed E-state index contributed by atoms with van der Waals surface area (Å²) < 4.78 is 19.5. The van der Waals surface area contributed by atoms with Crippen molar-refractivity contribution in [2.75, 3.05) is 20.0 Å². The van der Waals surface area contributed by atoms with E-state index in [1.165, 1.54) is 11.3 Å². The molecule has 0 aliphatic carbocycles. The van der Waals surface area contributed by atoms with E-state index in [0.717, 1.165) is 21.6 Å². The molecule has 1 aliphatic heterocycles. The summed E-state index contributed by atoms with van der Waals surface area (Å²) in [6, 6.07) is 27.3. The van der Waals surface area contributed by atoms with Crippen LogP contribution in [0.15, 0.2) is 111 Å². The van der Waals surface area contributed by atoms with Crippen molar-refractivity contribution in [3.05, 3.63) is 149 Å². The van der Waals surface area contributed by atoms with Gasteiger partial charge in [0.25, 0.3) is 5.56 Å². The monoisotopic (exact) mass is 716 g/mol. The van der Waals surface area contributed by atoms with Gasteiger partial charge in [-0.1, -0.05) is 95.2 Å². The van der Waals surface area contributed by atoms with Crippen LogP contribution < -0.4 is 24.4 Å². The molecule has 0 amide bonds. The van der Waals surface area contributed by atoms with Crippen LogP contribution in [0.2, 0.25) is 10.0 Å². The Morgan fingerprint density at radius 3 is 2.46 bits per heavy atom. The summed E-state index contributed by atoms with van der Waals surface area (Å²) >= 11 is 15.2. The third-order valence-corrected chi connectivity index (χ3v) is 10.2. The number of thioether (sulfide) groups is 1. The van der Waals surface area contributed by atoms with Crippen LogP contribution in [0.3, 0.4) is 0 Å². The Morgan fingerprint density at radius 2 is 1.77 bits per heavy atom. The van der Waals surface area contributed by atoms with Crippen LogP contribution >= 0.6 is 46.3 Å². The van der Waals surface area contributed by atoms with Crippen molar-refractivity contribution in [2.24, 2.45) is 4.99 Å². The number of esters is 1. The van der Waals surface area contributed by atoms with Gasteiger partial charge in [-0.15, -0.1) is 11.8 Å². The van der Waals surface area contributed by atoms with Crippen molar-refractivity contribution in [2.45, 2.75) is 24.5 Å². The highest BCUT2D eigenvalue weighted by Gasteiger charge is 2.35. The fourth-order valence-electron chi connectivity index (χ4n) is 5.43. The van der Waals surface area contributed by atoms with Crippen molar-refractivity contribution in [3.8, 4) is 11.5 Å². The van der Waals surface area contributed by atoms with Gasteiger partial charge in [-0.05, 0) is 60.7 Å². The first-order chi connectivity index (χ1) is 23.3. The molecule has 0 spiro atoms. The van der Waals surface area contributed by atoms with Crippen LogP contribution in [-0.2, 0) is 16.1 Å². The van der Waals surface area contributed by atoms with Gasteiger partial charge in [0, 0.05) is 16.0 Å². The Morgan fingerprint density at radius 1 is 1.00 bits per heavy atom. The molecule has 48 heavy (non-hydrogen) atoms. The lowest BCUT2D eigenvalue weighted by Gasteiger charge is -2.26. The number of nitrogens with zero attached hydrogens (tertiary/aromatic N) is 2. The van der Waals surface area contributed by atoms with E-state index in [1.807, 2.05) is 79.1 Å². The molecule has 11 heteroatoms. The zero-order valence-corrected chi connectivity index (χ0v) is 29.4. The molecule has 244 valence electrons. The second-order valence-electron chi connectivity index (χ2n) is 10.6. The Balaban J connectivity index is 1.54. The minimum Gasteiger partial charge on any atom is -0.493 e. The van der Waals surface area contributed by atoms with Crippen LogP contribution in [0.4, 0.5) is 0 Å². The standard InChI is InChI=1S/C37H30Cl2N2O5S2/c1-4-45-36(43)31-32(23-9-6-5-7-10-23)40-37-41(33(31)24-14-16-26(47-3)17-15-24)35(42)30(48-37)20-25-11-8-12-29(44-2)34(25)46-21-22-13-18-27(38)28(39)19-22/h5-20,33H,4,21H2,1-3H3/b30-20-/t33-/m0/s1. The molecule has 0 radical (unpaired) electrons. The van der Waals surface area contributed by atoms with Gasteiger partial charge >= 0.3 is 5.97 Å². The molecule has 0 fully saturated rings. The zero-order chi connectivity index (χ0) is 33.8. The van der Waals surface area contributed by atoms with Crippen LogP contribution in [-0.4, -0.2) is 30.5 Å². The van der Waals surface area contributed by atoms with E-state index in [9.17, 15) is 9.59 Å². The van der Waals surface area contributed by atoms with Crippen LogP contribution in [0.25, 0.3) is 11.8 Å². The number of fused-ring (bicyclic) bond motifs is 1. The summed E-state index contributed by atoms with van der Waals surface area (Å²) in [5.41, 5.74) is 3.42. The highest BCUT2D eigenvalue weighted by Crippen LogP contribution is 2.36. The normalized spacial score (nSPS) is 14.4. The second-order valence-corrected chi connectivity index (χ2v) is 13.3. The second kappa shape index (κ2) is 14.9. The molecule has 1 atom stereocenters. The predicted octanol–water partition coefficient (Wildman–Crippen LogP) is 7.55. The molecule has 0 bridgehead atoms. The van der Waals surface area contributed by atoms with Crippen LogP contribution in [0.5, 0.6) is 11.5 Å². The Labute approximate surface area is 295 Å². The maximum Gasteiger partial charge on any atom is 0.338 e. The number of carbonyl (C=O) groups is 1. The van der Waals surface area contributed by atoms with E-state index in [4.69, 9.17) is 42.4 Å². The number of methoxy groups -OCH3 is 1. The fourth-order valence-corrected chi connectivity index (χ4v) is 7.15. The van der Waals surface area contributed by atoms with Gasteiger partial charge in [0.1, 0.15) is 6.61 Å². The number of rotatable bonds is 10. The predicted molar refractivity (Wildman–Crippen MR) is 193 cm³/mol. The molecule has 0 saturated heterocycles. The van der Waals surface area contributed by atoms with Crippen molar-refractivity contribution in [1.29, 1.82) is 0 Å². The Bertz CT molecular complexity index is 2200. The lowest BCUT2D eigenvalue weighted by Crippen LogP contribution is -2.40. The number of hydrogen-bond acceptors (Lipinski definition) is 8. The third-order valence-electron chi connectivity index (χ3n) is 7.69. The quantitative estimate of drug-likeness (QED) is 0.110. The van der Waals surface area contributed by atoms with Gasteiger partial charge in [0.15, 0.2) is 16.3 Å². The van der Waals surface area contributed by atoms with E-state index < -0.39 is 12.0 Å². The number of hydrogen-bond donors (Lipinski definition) is 0. The molecule has 7 nitrogen and oxygen atoms in total. The van der Waals surface area contributed by atoms with E-state index in [1.54, 1.807) is 54.6 Å². The summed E-state index contributed by atoms with van der Waals surface area (Å²) in [5, 5.41) is 0.877. The average molecular weight is 718 g/mol. The topological polar surface area (TPSA) is 79.1 Å². The van der Waals surface area contributed by atoms with E-state index in [0.29, 0.717) is 47.7 Å². The molecule has 1 aliphatic rings. The van der Waals surface area contributed by atoms with Gasteiger partial charge in [-0.3, -0.25) is 9.36 Å². The summed E-state index contributed by atoms with van der Waals surface area (Å²) in [7, 11) is 1.56. The van der Waals surface area contributed by atoms with Gasteiger partial charge in [0.2, 0.25) is 0 Å². The van der Waals surface area contributed by atoms with Gasteiger partial charge in [-0.2, -0.15) is 0 Å². The van der Waals surface area contributed by atoms with Crippen molar-refractivity contribution in [1.82, 2.24) is 4.57 Å². The summed E-state index contributed by atoms with van der Waals surface area (Å²) in [6.45, 7) is 2.12. The molecule has 0 saturated carbocycles. The lowest BCUT2D eigenvalue weighted by atomic mass is 9.93. The SMILES string of the molecule is CCOC(=O)C1=C(c2ccccc2)N=c2s/c(=C\c3cccc(OC)c3OCc3ccc(Cl)c(Cl)c3)c(=O)n2[C@H]1c1ccc(SC)cc1. The molecule has 2 heterocycles. The summed E-state index contributed by atoms with van der Waals surface area (Å²) in [6.07, 6.45) is 3.76. The number of ether oxygens (including phenoxy) is 3. The zero-order valence-electron chi connectivity index (χ0n) is 26.2. The minimum absolute atomic E-state index is 0.174. The lowest BCUT2D eigenvalue weighted by molar-refractivity contribution is -0.138. The van der Waals surface area contributed by atoms with Gasteiger partial charge in [0.05, 0.1) is 45.6 Å². The fraction of sp³-hybridized carbons (Fsp3) is 0.162. The van der Waals surface area contributed by atoms with Gasteiger partial charge in [-0.25, -0.2) is 9.79 Å². The van der Waals surface area contributed by atoms with Crippen LogP contribution in [0.1, 0.15) is 35.2 Å². The first kappa shape index (κ1) is 33.6. The molecule has 4 aromatic carbocycles. The molecule has 0 unspecified atom stereocenters. The molecule has 0 N–H and O–H groups in total. The maximum absolute atomic E-state index is 14.4. The van der Waals surface area contributed by atoms with Crippen molar-refractivity contribution < 1.29 is 19.0 Å². The Hall–Kier alpha value is -4.28. The minimum atomic E-state index is -0.774. The highest BCUT2D eigenvalue weighted by molar-refractivity contribution is 7.98. The average Bonchev–Trinajstić information content (AvgIpc) is 3.42. The maximum atomic E-state index is 14.4. The molecular weight excluding hydrogens is 687 g/mol. The largest absolute Gasteiger partial charge is 0.493 e. The van der Waals surface area contributed by atoms with E-state index >= 15 is 0 Å². The highest BCUT2D eigenvalue weighted by atomic mass is 35.5. The third kappa shape index (κ3) is 6.82. The Kier molecular flexibility index (Phi) is 10.4. The van der Waals surface area contributed by atoms with E-state index in [-0.39, 0.29) is 18.8 Å². The number of benzene rings is 4. The van der Waals surface area contributed by atoms with Crippen molar-refractivity contribution >= 4 is 64.0 Å². The smallest absolute Gasteiger partial charge is 0.338 e. The number of aromatic nitrogens is 1. The van der Waals surface area contributed by atoms with Crippen LogP contribution in [0, 0.1) is 0 Å². The molecular formula is C37H30Cl2N2O5S2. The number of carbonyl (C=O) groups excluding carboxylic acids is 1. The summed E-state index contributed by atoms with van der Waals surface area (Å²) in [5.74, 6) is 0.428. The van der Waals surface area contributed by atoms with Crippen molar-refractivity contribution in [3.63, 3.8) is 0 Å². The number of para-hydroxylation sites is 1. The molecule has 1 aromatic heterocycles. The first-order valence-electron chi connectivity index (χ1n) is 15.0.